The lowest BCUT2D eigenvalue weighted by Gasteiger charge is -2.33. The number of anilines is 1. The number of hydrogen-bond donors (Lipinski definition) is 0. The molecule has 144 valence electrons. The first-order valence-corrected chi connectivity index (χ1v) is 11.9. The molecule has 1 aliphatic heterocycles. The highest BCUT2D eigenvalue weighted by Gasteiger charge is 2.33. The number of rotatable bonds is 4. The van der Waals surface area contributed by atoms with Crippen LogP contribution in [0, 0.1) is 13.8 Å². The molecule has 0 N–H and O–H groups in total. The molecule has 1 fully saturated rings. The van der Waals surface area contributed by atoms with Crippen molar-refractivity contribution in [2.24, 2.45) is 7.05 Å². The molecule has 0 aliphatic carbocycles. The quantitative estimate of drug-likeness (QED) is 0.645. The highest BCUT2D eigenvalue weighted by atomic mass is 32.2. The Morgan fingerprint density at radius 1 is 1.11 bits per heavy atom. The highest BCUT2D eigenvalue weighted by molar-refractivity contribution is 7.89. The van der Waals surface area contributed by atoms with Gasteiger partial charge in [-0.25, -0.2) is 13.4 Å². The molecule has 4 heterocycles. The van der Waals surface area contributed by atoms with Crippen LogP contribution in [0.5, 0.6) is 0 Å². The largest absolute Gasteiger partial charge is 0.345 e. The summed E-state index contributed by atoms with van der Waals surface area (Å²) < 4.78 is 29.4. The number of thiazole rings is 1. The summed E-state index contributed by atoms with van der Waals surface area (Å²) in [5.74, 6) is 0. The molecule has 0 spiro atoms. The van der Waals surface area contributed by atoms with Crippen LogP contribution in [0.1, 0.15) is 11.4 Å². The van der Waals surface area contributed by atoms with Crippen LogP contribution in [0.4, 0.5) is 5.13 Å². The van der Waals surface area contributed by atoms with Crippen molar-refractivity contribution in [3.63, 3.8) is 0 Å². The first kappa shape index (κ1) is 18.6. The maximum absolute atomic E-state index is 13.1. The summed E-state index contributed by atoms with van der Waals surface area (Å²) >= 11 is 3.26. The number of hydrogen-bond acceptors (Lipinski definition) is 7. The molecule has 3 aromatic rings. The molecule has 0 unspecified atom stereocenters. The van der Waals surface area contributed by atoms with E-state index in [1.165, 1.54) is 0 Å². The van der Waals surface area contributed by atoms with E-state index in [4.69, 9.17) is 4.98 Å². The zero-order valence-electron chi connectivity index (χ0n) is 15.4. The van der Waals surface area contributed by atoms with Gasteiger partial charge in [-0.2, -0.15) is 20.7 Å². The first-order chi connectivity index (χ1) is 12.9. The number of sulfonamides is 1. The Bertz CT molecular complexity index is 1040. The van der Waals surface area contributed by atoms with Crippen molar-refractivity contribution in [3.05, 3.63) is 33.6 Å². The van der Waals surface area contributed by atoms with Crippen LogP contribution in [0.25, 0.3) is 11.3 Å². The van der Waals surface area contributed by atoms with E-state index in [1.54, 1.807) is 52.6 Å². The molecule has 0 bridgehead atoms. The van der Waals surface area contributed by atoms with E-state index in [-0.39, 0.29) is 0 Å². The molecule has 3 aromatic heterocycles. The monoisotopic (exact) mass is 423 g/mol. The van der Waals surface area contributed by atoms with Gasteiger partial charge in [-0.05, 0) is 25.3 Å². The van der Waals surface area contributed by atoms with Crippen LogP contribution < -0.4 is 4.90 Å². The summed E-state index contributed by atoms with van der Waals surface area (Å²) in [6, 6.07) is 2.06. The molecule has 7 nitrogen and oxygen atoms in total. The zero-order valence-corrected chi connectivity index (χ0v) is 17.9. The second-order valence-corrected chi connectivity index (χ2v) is 10.0. The Balaban J connectivity index is 1.49. The maximum atomic E-state index is 13.1. The average molecular weight is 424 g/mol. The topological polar surface area (TPSA) is 71.3 Å². The Kier molecular flexibility index (Phi) is 4.83. The number of nitrogens with zero attached hydrogens (tertiary/aromatic N) is 5. The van der Waals surface area contributed by atoms with Gasteiger partial charge in [0.1, 0.15) is 4.90 Å². The van der Waals surface area contributed by atoms with Crippen LogP contribution in [-0.4, -0.2) is 53.7 Å². The van der Waals surface area contributed by atoms with Crippen LogP contribution in [0.15, 0.2) is 27.1 Å². The van der Waals surface area contributed by atoms with Gasteiger partial charge >= 0.3 is 0 Å². The minimum atomic E-state index is -3.53. The fraction of sp³-hybridized carbons (Fsp3) is 0.412. The van der Waals surface area contributed by atoms with E-state index in [0.29, 0.717) is 42.5 Å². The SMILES string of the molecule is Cc1nn(C)c(C)c1S(=O)(=O)N1CCN(c2nc(-c3ccsc3)cs2)CC1. The second kappa shape index (κ2) is 7.01. The van der Waals surface area contributed by atoms with Crippen molar-refractivity contribution in [2.45, 2.75) is 18.7 Å². The van der Waals surface area contributed by atoms with Gasteiger partial charge in [0.05, 0.1) is 17.1 Å². The Morgan fingerprint density at radius 3 is 2.44 bits per heavy atom. The fourth-order valence-electron chi connectivity index (χ4n) is 3.33. The smallest absolute Gasteiger partial charge is 0.246 e. The summed E-state index contributed by atoms with van der Waals surface area (Å²) in [5.41, 5.74) is 3.34. The average Bonchev–Trinajstić information content (AvgIpc) is 3.36. The molecule has 0 atom stereocenters. The third-order valence-corrected chi connectivity index (χ3v) is 8.60. The highest BCUT2D eigenvalue weighted by Crippen LogP contribution is 2.30. The van der Waals surface area contributed by atoms with Crippen molar-refractivity contribution in [3.8, 4) is 11.3 Å². The third-order valence-electron chi connectivity index (χ3n) is 4.86. The van der Waals surface area contributed by atoms with Crippen LogP contribution in [0.3, 0.4) is 0 Å². The van der Waals surface area contributed by atoms with Gasteiger partial charge < -0.3 is 4.90 Å². The summed E-state index contributed by atoms with van der Waals surface area (Å²) in [4.78, 5) is 7.23. The normalized spacial score (nSPS) is 16.2. The van der Waals surface area contributed by atoms with E-state index < -0.39 is 10.0 Å². The predicted molar refractivity (Wildman–Crippen MR) is 109 cm³/mol. The van der Waals surface area contributed by atoms with Gasteiger partial charge in [-0.15, -0.1) is 11.3 Å². The number of thiophene rings is 1. The standard InChI is InChI=1S/C17H21N5O2S3/c1-12-16(13(2)20(3)19-12)27(23,24)22-7-5-21(6-8-22)17-18-15(11-26-17)14-4-9-25-10-14/h4,9-11H,5-8H2,1-3H3. The second-order valence-electron chi connectivity index (χ2n) is 6.54. The Hall–Kier alpha value is -1.75. The Morgan fingerprint density at radius 2 is 1.85 bits per heavy atom. The predicted octanol–water partition coefficient (Wildman–Crippen LogP) is 2.73. The molecule has 0 aromatic carbocycles. The molecule has 1 saturated heterocycles. The molecule has 27 heavy (non-hydrogen) atoms. The molecule has 10 heteroatoms. The summed E-state index contributed by atoms with van der Waals surface area (Å²) in [6.07, 6.45) is 0. The van der Waals surface area contributed by atoms with E-state index in [9.17, 15) is 8.42 Å². The maximum Gasteiger partial charge on any atom is 0.246 e. The molecular formula is C17H21N5O2S3. The first-order valence-electron chi connectivity index (χ1n) is 8.61. The number of aromatic nitrogens is 3. The van der Waals surface area contributed by atoms with E-state index in [0.717, 1.165) is 16.4 Å². The van der Waals surface area contributed by atoms with Crippen molar-refractivity contribution >= 4 is 37.8 Å². The number of aryl methyl sites for hydroxylation is 2. The summed E-state index contributed by atoms with van der Waals surface area (Å²) in [6.45, 7) is 5.71. The van der Waals surface area contributed by atoms with Crippen LogP contribution >= 0.6 is 22.7 Å². The van der Waals surface area contributed by atoms with Gasteiger partial charge in [-0.1, -0.05) is 0 Å². The molecule has 0 radical (unpaired) electrons. The van der Waals surface area contributed by atoms with Crippen LogP contribution in [-0.2, 0) is 17.1 Å². The van der Waals surface area contributed by atoms with Crippen LogP contribution in [0.2, 0.25) is 0 Å². The fourth-order valence-corrected chi connectivity index (χ4v) is 6.69. The molecule has 0 saturated carbocycles. The lowest BCUT2D eigenvalue weighted by atomic mass is 10.3. The van der Waals surface area contributed by atoms with E-state index >= 15 is 0 Å². The lowest BCUT2D eigenvalue weighted by molar-refractivity contribution is 0.384. The summed E-state index contributed by atoms with van der Waals surface area (Å²) in [5, 5.41) is 11.4. The van der Waals surface area contributed by atoms with Crippen molar-refractivity contribution in [2.75, 3.05) is 31.1 Å². The van der Waals surface area contributed by atoms with Crippen molar-refractivity contribution in [1.29, 1.82) is 0 Å². The Labute approximate surface area is 166 Å². The van der Waals surface area contributed by atoms with Crippen molar-refractivity contribution < 1.29 is 8.42 Å². The third kappa shape index (κ3) is 3.31. The van der Waals surface area contributed by atoms with Gasteiger partial charge in [0, 0.05) is 49.6 Å². The molecule has 0 amide bonds. The molecule has 4 rings (SSSR count). The minimum Gasteiger partial charge on any atom is -0.345 e. The summed E-state index contributed by atoms with van der Waals surface area (Å²) in [7, 11) is -1.76. The van der Waals surface area contributed by atoms with Gasteiger partial charge in [0.2, 0.25) is 10.0 Å². The molecular weight excluding hydrogens is 402 g/mol. The molecule has 1 aliphatic rings. The number of piperazine rings is 1. The van der Waals surface area contributed by atoms with Gasteiger partial charge in [0.15, 0.2) is 5.13 Å². The van der Waals surface area contributed by atoms with Gasteiger partial charge in [-0.3, -0.25) is 4.68 Å². The minimum absolute atomic E-state index is 0.340. The van der Waals surface area contributed by atoms with E-state index in [2.05, 4.69) is 26.8 Å². The van der Waals surface area contributed by atoms with Crippen molar-refractivity contribution in [1.82, 2.24) is 19.1 Å². The zero-order chi connectivity index (χ0) is 19.2. The lowest BCUT2D eigenvalue weighted by Crippen LogP contribution is -2.48. The van der Waals surface area contributed by atoms with Gasteiger partial charge in [0.25, 0.3) is 0 Å². The van der Waals surface area contributed by atoms with E-state index in [1.807, 2.05) is 5.38 Å².